The number of hydrogen-bond acceptors (Lipinski definition) is 3. The monoisotopic (exact) mass is 269 g/mol. The number of carbonyl (C=O) groups excluding carboxylic acids is 1. The first kappa shape index (κ1) is 14.1. The predicted molar refractivity (Wildman–Crippen MR) is 82.3 cm³/mol. The van der Waals surface area contributed by atoms with Gasteiger partial charge in [0.2, 0.25) is 0 Å². The molecule has 104 valence electrons. The number of aromatic nitrogens is 1. The van der Waals surface area contributed by atoms with E-state index in [1.54, 1.807) is 25.5 Å². The fraction of sp³-hybridized carbons (Fsp3) is 0.250. The van der Waals surface area contributed by atoms with E-state index in [-0.39, 0.29) is 5.91 Å². The molecule has 0 saturated heterocycles. The number of nitrogens with one attached hydrogen (secondary N) is 2. The van der Waals surface area contributed by atoms with Gasteiger partial charge in [0.25, 0.3) is 5.91 Å². The molecule has 4 nitrogen and oxygen atoms in total. The van der Waals surface area contributed by atoms with Gasteiger partial charge in [0, 0.05) is 30.8 Å². The number of pyridine rings is 1. The number of nitrogens with zero attached hydrogens (tertiary/aromatic N) is 1. The van der Waals surface area contributed by atoms with Gasteiger partial charge >= 0.3 is 0 Å². The molecule has 0 radical (unpaired) electrons. The van der Waals surface area contributed by atoms with Gasteiger partial charge < -0.3 is 10.6 Å². The van der Waals surface area contributed by atoms with Crippen LogP contribution in [0.3, 0.4) is 0 Å². The molecule has 0 fully saturated rings. The van der Waals surface area contributed by atoms with Crippen molar-refractivity contribution in [2.24, 2.45) is 0 Å². The van der Waals surface area contributed by atoms with Gasteiger partial charge in [0.15, 0.2) is 0 Å². The molecule has 0 spiro atoms. The molecule has 20 heavy (non-hydrogen) atoms. The molecule has 0 aliphatic carbocycles. The molecule has 0 aliphatic rings. The lowest BCUT2D eigenvalue weighted by Gasteiger charge is -2.14. The van der Waals surface area contributed by atoms with E-state index in [0.717, 1.165) is 16.9 Å². The summed E-state index contributed by atoms with van der Waals surface area (Å²) in [5.41, 5.74) is 3.27. The van der Waals surface area contributed by atoms with Crippen LogP contribution in [0.1, 0.15) is 35.7 Å². The van der Waals surface area contributed by atoms with Gasteiger partial charge in [0.05, 0.1) is 5.56 Å². The molecule has 0 saturated carbocycles. The summed E-state index contributed by atoms with van der Waals surface area (Å²) in [5, 5.41) is 5.96. The molecule has 1 heterocycles. The predicted octanol–water partition coefficient (Wildman–Crippen LogP) is 3.50. The summed E-state index contributed by atoms with van der Waals surface area (Å²) in [6.45, 7) is 4.21. The summed E-state index contributed by atoms with van der Waals surface area (Å²) in [4.78, 5) is 16.4. The summed E-state index contributed by atoms with van der Waals surface area (Å²) in [6, 6.07) is 9.63. The average Bonchev–Trinajstić information content (AvgIpc) is 2.47. The molecule has 2 aromatic rings. The first-order chi connectivity index (χ1) is 9.63. The molecular weight excluding hydrogens is 250 g/mol. The molecule has 1 aromatic heterocycles. The average molecular weight is 269 g/mol. The summed E-state index contributed by atoms with van der Waals surface area (Å²) >= 11 is 0. The third-order valence-corrected chi connectivity index (χ3v) is 3.17. The molecular formula is C16H19N3O. The van der Waals surface area contributed by atoms with Crippen LogP contribution in [0.25, 0.3) is 0 Å². The zero-order valence-corrected chi connectivity index (χ0v) is 12.0. The maximum absolute atomic E-state index is 12.4. The second-order valence-corrected chi connectivity index (χ2v) is 4.87. The van der Waals surface area contributed by atoms with Gasteiger partial charge in [-0.2, -0.15) is 0 Å². The Hall–Kier alpha value is -2.36. The second-order valence-electron chi connectivity index (χ2n) is 4.87. The van der Waals surface area contributed by atoms with E-state index >= 15 is 0 Å². The quantitative estimate of drug-likeness (QED) is 0.893. The van der Waals surface area contributed by atoms with Crippen LogP contribution in [0.2, 0.25) is 0 Å². The van der Waals surface area contributed by atoms with E-state index in [4.69, 9.17) is 0 Å². The van der Waals surface area contributed by atoms with Gasteiger partial charge in [-0.05, 0) is 23.6 Å². The highest BCUT2D eigenvalue weighted by Crippen LogP contribution is 2.24. The number of rotatable bonds is 4. The molecule has 2 rings (SSSR count). The van der Waals surface area contributed by atoms with Crippen molar-refractivity contribution in [1.82, 2.24) is 4.98 Å². The molecule has 0 bridgehead atoms. The van der Waals surface area contributed by atoms with Crippen LogP contribution in [0, 0.1) is 0 Å². The summed E-state index contributed by atoms with van der Waals surface area (Å²) in [6.07, 6.45) is 3.23. The topological polar surface area (TPSA) is 54.0 Å². The minimum absolute atomic E-state index is 0.157. The van der Waals surface area contributed by atoms with Crippen molar-refractivity contribution in [1.29, 1.82) is 0 Å². The van der Waals surface area contributed by atoms with Gasteiger partial charge in [-0.15, -0.1) is 0 Å². The summed E-state index contributed by atoms with van der Waals surface area (Å²) in [7, 11) is 1.79. The van der Waals surface area contributed by atoms with Gasteiger partial charge in [-0.3, -0.25) is 9.78 Å². The smallest absolute Gasteiger partial charge is 0.259 e. The van der Waals surface area contributed by atoms with Crippen LogP contribution in [-0.2, 0) is 0 Å². The van der Waals surface area contributed by atoms with Crippen LogP contribution < -0.4 is 10.6 Å². The summed E-state index contributed by atoms with van der Waals surface area (Å²) < 4.78 is 0. The van der Waals surface area contributed by atoms with E-state index in [1.165, 1.54) is 0 Å². The van der Waals surface area contributed by atoms with E-state index in [9.17, 15) is 4.79 Å². The van der Waals surface area contributed by atoms with Crippen molar-refractivity contribution < 1.29 is 4.79 Å². The number of hydrogen-bond donors (Lipinski definition) is 2. The molecule has 0 aliphatic heterocycles. The van der Waals surface area contributed by atoms with Crippen LogP contribution in [0.15, 0.2) is 42.7 Å². The van der Waals surface area contributed by atoms with Crippen molar-refractivity contribution in [3.05, 3.63) is 53.9 Å². The largest absolute Gasteiger partial charge is 0.387 e. The van der Waals surface area contributed by atoms with E-state index in [1.807, 2.05) is 24.3 Å². The van der Waals surface area contributed by atoms with Crippen LogP contribution in [-0.4, -0.2) is 17.9 Å². The molecule has 2 N–H and O–H groups in total. The normalized spacial score (nSPS) is 10.4. The highest BCUT2D eigenvalue weighted by Gasteiger charge is 2.13. The minimum Gasteiger partial charge on any atom is -0.387 e. The number of para-hydroxylation sites is 1. The number of anilines is 2. The first-order valence-electron chi connectivity index (χ1n) is 6.65. The second kappa shape index (κ2) is 6.19. The molecule has 1 aromatic carbocycles. The van der Waals surface area contributed by atoms with E-state index in [0.29, 0.717) is 11.5 Å². The zero-order chi connectivity index (χ0) is 14.5. The lowest BCUT2D eigenvalue weighted by Crippen LogP contribution is -2.15. The number of carbonyl (C=O) groups is 1. The van der Waals surface area contributed by atoms with Crippen LogP contribution >= 0.6 is 0 Å². The Morgan fingerprint density at radius 1 is 1.15 bits per heavy atom. The van der Waals surface area contributed by atoms with Crippen molar-refractivity contribution in [2.45, 2.75) is 19.8 Å². The van der Waals surface area contributed by atoms with Gasteiger partial charge in [0.1, 0.15) is 0 Å². The Morgan fingerprint density at radius 3 is 2.60 bits per heavy atom. The van der Waals surface area contributed by atoms with Crippen molar-refractivity contribution in [2.75, 3.05) is 17.7 Å². The third kappa shape index (κ3) is 2.96. The lowest BCUT2D eigenvalue weighted by atomic mass is 10.0. The third-order valence-electron chi connectivity index (χ3n) is 3.17. The fourth-order valence-electron chi connectivity index (χ4n) is 2.10. The Morgan fingerprint density at radius 2 is 1.90 bits per heavy atom. The van der Waals surface area contributed by atoms with E-state index in [2.05, 4.69) is 29.5 Å². The minimum atomic E-state index is -0.157. The number of benzene rings is 1. The van der Waals surface area contributed by atoms with Crippen molar-refractivity contribution in [3.8, 4) is 0 Å². The highest BCUT2D eigenvalue weighted by molar-refractivity contribution is 6.08. The lowest BCUT2D eigenvalue weighted by molar-refractivity contribution is 0.102. The summed E-state index contributed by atoms with van der Waals surface area (Å²) in [5.74, 6) is 0.194. The van der Waals surface area contributed by atoms with Crippen LogP contribution in [0.4, 0.5) is 11.4 Å². The fourth-order valence-corrected chi connectivity index (χ4v) is 2.10. The maximum Gasteiger partial charge on any atom is 0.259 e. The Kier molecular flexibility index (Phi) is 4.35. The Bertz CT molecular complexity index is 608. The van der Waals surface area contributed by atoms with E-state index < -0.39 is 0 Å². The number of amides is 1. The van der Waals surface area contributed by atoms with Gasteiger partial charge in [-0.25, -0.2) is 0 Å². The molecule has 4 heteroatoms. The van der Waals surface area contributed by atoms with Crippen LogP contribution in [0.5, 0.6) is 0 Å². The molecule has 0 atom stereocenters. The van der Waals surface area contributed by atoms with Crippen molar-refractivity contribution in [3.63, 3.8) is 0 Å². The molecule has 0 unspecified atom stereocenters. The van der Waals surface area contributed by atoms with Crippen molar-refractivity contribution >= 4 is 17.3 Å². The SMILES string of the molecule is CNc1ccncc1C(=O)Nc1ccccc1C(C)C. The Balaban J connectivity index is 2.28. The highest BCUT2D eigenvalue weighted by atomic mass is 16.1. The standard InChI is InChI=1S/C16H19N3O/c1-11(2)12-6-4-5-7-15(12)19-16(20)13-10-18-9-8-14(13)17-3/h4-11H,1-3H3,(H,17,18)(H,19,20). The maximum atomic E-state index is 12.4. The Labute approximate surface area is 119 Å². The first-order valence-corrected chi connectivity index (χ1v) is 6.65. The zero-order valence-electron chi connectivity index (χ0n) is 12.0. The molecule has 1 amide bonds. The van der Waals surface area contributed by atoms with Gasteiger partial charge in [-0.1, -0.05) is 32.0 Å².